The Bertz CT molecular complexity index is 1550. The molecule has 4 heterocycles. The molecular formula is C26H34N8O3S. The first-order valence-corrected chi connectivity index (χ1v) is 15.2. The summed E-state index contributed by atoms with van der Waals surface area (Å²) in [4.78, 5) is 36.9. The normalized spacial score (nSPS) is 21.2. The van der Waals surface area contributed by atoms with Crippen LogP contribution < -0.4 is 10.9 Å². The fourth-order valence-electron chi connectivity index (χ4n) is 5.48. The largest absolute Gasteiger partial charge is 0.365 e. The zero-order valence-electron chi connectivity index (χ0n) is 22.1. The van der Waals surface area contributed by atoms with E-state index in [1.807, 2.05) is 6.92 Å². The number of aryl methyl sites for hydroxylation is 1. The number of hydrogen-bond acceptors (Lipinski definition) is 9. The molecule has 0 amide bonds. The van der Waals surface area contributed by atoms with Gasteiger partial charge >= 0.3 is 0 Å². The fraction of sp³-hybridized carbons (Fsp3) is 0.615. The molecule has 3 aromatic heterocycles. The number of rotatable bonds is 9. The summed E-state index contributed by atoms with van der Waals surface area (Å²) in [7, 11) is -3.21. The van der Waals surface area contributed by atoms with E-state index in [0.29, 0.717) is 48.5 Å². The van der Waals surface area contributed by atoms with E-state index < -0.39 is 10.0 Å². The highest BCUT2D eigenvalue weighted by molar-refractivity contribution is 7.89. The Morgan fingerprint density at radius 2 is 1.89 bits per heavy atom. The Morgan fingerprint density at radius 1 is 1.11 bits per heavy atom. The quantitative estimate of drug-likeness (QED) is 0.436. The second-order valence-electron chi connectivity index (χ2n) is 10.9. The van der Waals surface area contributed by atoms with Crippen molar-refractivity contribution in [3.63, 3.8) is 0 Å². The first kappa shape index (κ1) is 25.3. The van der Waals surface area contributed by atoms with Crippen LogP contribution in [0.3, 0.4) is 0 Å². The van der Waals surface area contributed by atoms with E-state index in [9.17, 15) is 13.2 Å². The van der Waals surface area contributed by atoms with Gasteiger partial charge in [-0.1, -0.05) is 0 Å². The van der Waals surface area contributed by atoms with E-state index in [0.717, 1.165) is 49.1 Å². The van der Waals surface area contributed by atoms with Gasteiger partial charge in [-0.25, -0.2) is 37.6 Å². The topological polar surface area (TPSA) is 136 Å². The molecule has 38 heavy (non-hydrogen) atoms. The number of nitrogens with one attached hydrogen (secondary N) is 1. The van der Waals surface area contributed by atoms with Crippen molar-refractivity contribution in [3.8, 4) is 11.4 Å². The summed E-state index contributed by atoms with van der Waals surface area (Å²) in [5.74, 6) is 1.83. The average molecular weight is 539 g/mol. The van der Waals surface area contributed by atoms with Gasteiger partial charge in [0, 0.05) is 31.6 Å². The lowest BCUT2D eigenvalue weighted by molar-refractivity contribution is 0.462. The van der Waals surface area contributed by atoms with Crippen molar-refractivity contribution in [2.75, 3.05) is 30.7 Å². The van der Waals surface area contributed by atoms with Gasteiger partial charge in [-0.05, 0) is 64.7 Å². The Labute approximate surface area is 222 Å². The van der Waals surface area contributed by atoms with Crippen LogP contribution in [0, 0.1) is 18.8 Å². The van der Waals surface area contributed by atoms with Crippen molar-refractivity contribution < 1.29 is 8.42 Å². The third-order valence-electron chi connectivity index (χ3n) is 8.16. The van der Waals surface area contributed by atoms with Crippen molar-refractivity contribution in [1.82, 2.24) is 33.8 Å². The molecule has 3 aliphatic rings. The molecule has 6 rings (SSSR count). The first-order chi connectivity index (χ1) is 18.3. The van der Waals surface area contributed by atoms with Gasteiger partial charge < -0.3 is 5.32 Å². The maximum atomic E-state index is 13.8. The molecule has 2 atom stereocenters. The van der Waals surface area contributed by atoms with Crippen LogP contribution in [-0.2, 0) is 10.0 Å². The van der Waals surface area contributed by atoms with Crippen LogP contribution in [0.4, 0.5) is 5.82 Å². The highest BCUT2D eigenvalue weighted by atomic mass is 32.2. The number of hydrogen-bond donors (Lipinski definition) is 1. The average Bonchev–Trinajstić information content (AvgIpc) is 3.84. The van der Waals surface area contributed by atoms with Crippen molar-refractivity contribution in [1.29, 1.82) is 0 Å². The molecule has 1 N–H and O–H groups in total. The predicted molar refractivity (Wildman–Crippen MR) is 144 cm³/mol. The zero-order chi connectivity index (χ0) is 26.6. The second-order valence-corrected chi connectivity index (χ2v) is 13.2. The third kappa shape index (κ3) is 4.68. The summed E-state index contributed by atoms with van der Waals surface area (Å²) in [6.07, 6.45) is 8.39. The van der Waals surface area contributed by atoms with Gasteiger partial charge in [0.2, 0.25) is 10.0 Å². The molecule has 1 saturated heterocycles. The van der Waals surface area contributed by atoms with Gasteiger partial charge in [0.05, 0.1) is 28.9 Å². The minimum Gasteiger partial charge on any atom is -0.365 e. The lowest BCUT2D eigenvalue weighted by Crippen LogP contribution is -2.32. The molecular weight excluding hydrogens is 504 g/mol. The van der Waals surface area contributed by atoms with Gasteiger partial charge in [-0.3, -0.25) is 9.36 Å². The molecule has 2 aliphatic carbocycles. The molecule has 0 unspecified atom stereocenters. The van der Waals surface area contributed by atoms with Crippen LogP contribution in [0.5, 0.6) is 0 Å². The van der Waals surface area contributed by atoms with E-state index in [1.54, 1.807) is 28.3 Å². The minimum atomic E-state index is -3.21. The van der Waals surface area contributed by atoms with E-state index in [1.165, 1.54) is 0 Å². The number of anilines is 1. The van der Waals surface area contributed by atoms with Gasteiger partial charge in [-0.2, -0.15) is 0 Å². The van der Waals surface area contributed by atoms with Crippen LogP contribution in [0.1, 0.15) is 69.3 Å². The molecule has 11 nitrogen and oxygen atoms in total. The van der Waals surface area contributed by atoms with Crippen LogP contribution in [-0.4, -0.2) is 67.6 Å². The number of sulfonamides is 1. The van der Waals surface area contributed by atoms with Crippen molar-refractivity contribution >= 4 is 27.0 Å². The van der Waals surface area contributed by atoms with Crippen LogP contribution in [0.15, 0.2) is 17.3 Å². The predicted octanol–water partition coefficient (Wildman–Crippen LogP) is 2.88. The summed E-state index contributed by atoms with van der Waals surface area (Å²) in [5.41, 5.74) is 3.52. The van der Waals surface area contributed by atoms with Gasteiger partial charge in [-0.15, -0.1) is 0 Å². The highest BCUT2D eigenvalue weighted by Crippen LogP contribution is 2.43. The fourth-order valence-corrected chi connectivity index (χ4v) is 6.67. The Kier molecular flexibility index (Phi) is 6.42. The smallest absolute Gasteiger partial charge is 0.295 e. The molecule has 3 aromatic rings. The lowest BCUT2D eigenvalue weighted by atomic mass is 10.1. The van der Waals surface area contributed by atoms with Crippen LogP contribution in [0.2, 0.25) is 0 Å². The number of fused-ring (bicyclic) bond motifs is 1. The summed E-state index contributed by atoms with van der Waals surface area (Å²) in [6, 6.07) is -0.0241. The summed E-state index contributed by atoms with van der Waals surface area (Å²) < 4.78 is 27.8. The maximum absolute atomic E-state index is 13.8. The maximum Gasteiger partial charge on any atom is 0.295 e. The standard InChI is InChI=1S/C26H34N8O3S/c1-4-38(36,37)33-10-9-17(13-33)11-27-24-26(35)34(16(3)18-5-6-18)25-20(31-24)12-28-23(32-25)21-15(2)29-14-30-22(21)19-7-8-19/h12,14,16-19H,4-11,13H2,1-3H3,(H,27,31)/t16-,17-/m0/s1. The Hall–Kier alpha value is -2.99. The minimum absolute atomic E-state index is 0.0241. The molecule has 0 aromatic carbocycles. The molecule has 0 spiro atoms. The zero-order valence-corrected chi connectivity index (χ0v) is 22.9. The van der Waals surface area contributed by atoms with Gasteiger partial charge in [0.25, 0.3) is 5.56 Å². The molecule has 0 bridgehead atoms. The first-order valence-electron chi connectivity index (χ1n) is 13.6. The monoisotopic (exact) mass is 538 g/mol. The molecule has 2 saturated carbocycles. The van der Waals surface area contributed by atoms with Gasteiger partial charge in [0.1, 0.15) is 11.8 Å². The van der Waals surface area contributed by atoms with E-state index in [2.05, 4.69) is 32.2 Å². The summed E-state index contributed by atoms with van der Waals surface area (Å²) in [5, 5.41) is 3.24. The molecule has 202 valence electrons. The lowest BCUT2D eigenvalue weighted by Gasteiger charge is -2.20. The number of nitrogens with zero attached hydrogens (tertiary/aromatic N) is 7. The van der Waals surface area contributed by atoms with E-state index in [-0.39, 0.29) is 29.1 Å². The number of aromatic nitrogens is 6. The highest BCUT2D eigenvalue weighted by Gasteiger charge is 2.34. The van der Waals surface area contributed by atoms with Crippen LogP contribution in [0.25, 0.3) is 22.6 Å². The summed E-state index contributed by atoms with van der Waals surface area (Å²) >= 11 is 0. The van der Waals surface area contributed by atoms with Crippen LogP contribution >= 0.6 is 0 Å². The van der Waals surface area contributed by atoms with Crippen molar-refractivity contribution in [2.45, 2.75) is 64.8 Å². The SMILES string of the molecule is CCS(=O)(=O)N1CC[C@@H](CNc2nc3cnc(-c4c(C)ncnc4C4CC4)nc3n([C@@H](C)C3CC3)c2=O)C1. The molecule has 0 radical (unpaired) electrons. The third-order valence-corrected chi connectivity index (χ3v) is 10.0. The van der Waals surface area contributed by atoms with E-state index in [4.69, 9.17) is 4.98 Å². The van der Waals surface area contributed by atoms with Crippen molar-refractivity contribution in [3.05, 3.63) is 34.3 Å². The molecule has 1 aliphatic heterocycles. The van der Waals surface area contributed by atoms with Gasteiger partial charge in [0.15, 0.2) is 17.3 Å². The summed E-state index contributed by atoms with van der Waals surface area (Å²) in [6.45, 7) is 7.12. The molecule has 3 fully saturated rings. The van der Waals surface area contributed by atoms with E-state index >= 15 is 0 Å². The van der Waals surface area contributed by atoms with Crippen molar-refractivity contribution in [2.24, 2.45) is 11.8 Å². The second kappa shape index (κ2) is 9.64. The Balaban J connectivity index is 1.35. The Morgan fingerprint density at radius 3 is 2.61 bits per heavy atom. The molecule has 12 heteroatoms.